The highest BCUT2D eigenvalue weighted by atomic mass is 32.2. The largest absolute Gasteiger partial charge is 0.465 e. The van der Waals surface area contributed by atoms with E-state index in [0.717, 1.165) is 37.2 Å². The Morgan fingerprint density at radius 2 is 2.26 bits per heavy atom. The molecule has 1 saturated carbocycles. The van der Waals surface area contributed by atoms with Crippen LogP contribution in [-0.4, -0.2) is 28.5 Å². The molecule has 0 saturated heterocycles. The second kappa shape index (κ2) is 6.41. The van der Waals surface area contributed by atoms with E-state index in [1.165, 1.54) is 0 Å². The lowest BCUT2D eigenvalue weighted by molar-refractivity contribution is -0.155. The predicted octanol–water partition coefficient (Wildman–Crippen LogP) is 2.70. The number of rotatable bonds is 7. The molecule has 0 amide bonds. The van der Waals surface area contributed by atoms with Crippen LogP contribution < -0.4 is 0 Å². The van der Waals surface area contributed by atoms with E-state index in [9.17, 15) is 4.79 Å². The normalized spacial score (nSPS) is 16.9. The zero-order valence-electron chi connectivity index (χ0n) is 11.5. The van der Waals surface area contributed by atoms with Gasteiger partial charge in [0.05, 0.1) is 12.4 Å². The average molecular weight is 284 g/mol. The van der Waals surface area contributed by atoms with Gasteiger partial charge in [0, 0.05) is 0 Å². The maximum atomic E-state index is 12.1. The van der Waals surface area contributed by atoms with Crippen molar-refractivity contribution in [2.75, 3.05) is 12.4 Å². The smallest absolute Gasteiger partial charge is 0.321 e. The molecule has 0 radical (unpaired) electrons. The van der Waals surface area contributed by atoms with Gasteiger partial charge < -0.3 is 9.26 Å². The molecule has 1 aromatic heterocycles. The van der Waals surface area contributed by atoms with Crippen LogP contribution in [0.15, 0.2) is 4.52 Å². The molecule has 0 spiro atoms. The van der Waals surface area contributed by atoms with Crippen LogP contribution in [0.1, 0.15) is 51.2 Å². The summed E-state index contributed by atoms with van der Waals surface area (Å²) in [5, 5.41) is 3.96. The molecule has 0 atom stereocenters. The summed E-state index contributed by atoms with van der Waals surface area (Å²) in [5.41, 5.74) is -0.670. The van der Waals surface area contributed by atoms with Gasteiger partial charge in [0.15, 0.2) is 5.82 Å². The highest BCUT2D eigenvalue weighted by molar-refractivity contribution is 7.98. The molecule has 5 nitrogen and oxygen atoms in total. The summed E-state index contributed by atoms with van der Waals surface area (Å²) in [6.07, 6.45) is 3.62. The minimum Gasteiger partial charge on any atom is -0.465 e. The van der Waals surface area contributed by atoms with Gasteiger partial charge in [-0.25, -0.2) is 0 Å². The van der Waals surface area contributed by atoms with E-state index < -0.39 is 5.41 Å². The molecule has 1 aliphatic rings. The van der Waals surface area contributed by atoms with Crippen molar-refractivity contribution < 1.29 is 14.1 Å². The summed E-state index contributed by atoms with van der Waals surface area (Å²) in [4.78, 5) is 16.4. The summed E-state index contributed by atoms with van der Waals surface area (Å²) in [6, 6.07) is 0. The molecule has 2 rings (SSSR count). The van der Waals surface area contributed by atoms with Crippen molar-refractivity contribution in [1.82, 2.24) is 10.1 Å². The van der Waals surface area contributed by atoms with Gasteiger partial charge in [0.25, 0.3) is 0 Å². The van der Waals surface area contributed by atoms with Crippen molar-refractivity contribution in [3.05, 3.63) is 11.7 Å². The molecule has 0 bridgehead atoms. The van der Waals surface area contributed by atoms with Crippen molar-refractivity contribution in [3.8, 4) is 0 Å². The van der Waals surface area contributed by atoms with Gasteiger partial charge in [-0.15, -0.1) is 0 Å². The van der Waals surface area contributed by atoms with E-state index in [1.807, 2.05) is 6.92 Å². The number of aromatic nitrogens is 2. The molecule has 6 heteroatoms. The Hall–Kier alpha value is -1.04. The second-order valence-electron chi connectivity index (χ2n) is 4.72. The first kappa shape index (κ1) is 14.4. The minimum absolute atomic E-state index is 0.224. The minimum atomic E-state index is -0.670. The molecule has 19 heavy (non-hydrogen) atoms. The summed E-state index contributed by atoms with van der Waals surface area (Å²) in [7, 11) is 0. The summed E-state index contributed by atoms with van der Waals surface area (Å²) in [5.74, 6) is 2.69. The number of ether oxygens (including phenoxy) is 1. The third kappa shape index (κ3) is 2.94. The van der Waals surface area contributed by atoms with Crippen molar-refractivity contribution in [1.29, 1.82) is 0 Å². The Labute approximate surface area is 117 Å². The Morgan fingerprint density at radius 1 is 1.47 bits per heavy atom. The third-order valence-corrected chi connectivity index (χ3v) is 4.49. The molecule has 1 heterocycles. The van der Waals surface area contributed by atoms with Crippen molar-refractivity contribution >= 4 is 17.7 Å². The van der Waals surface area contributed by atoms with Crippen LogP contribution in [0.5, 0.6) is 0 Å². The van der Waals surface area contributed by atoms with Crippen LogP contribution in [0, 0.1) is 0 Å². The lowest BCUT2D eigenvalue weighted by Gasteiger charge is -2.35. The van der Waals surface area contributed by atoms with E-state index >= 15 is 0 Å². The van der Waals surface area contributed by atoms with E-state index in [-0.39, 0.29) is 5.97 Å². The van der Waals surface area contributed by atoms with Crippen molar-refractivity contribution in [2.45, 2.75) is 50.7 Å². The zero-order chi connectivity index (χ0) is 13.7. The summed E-state index contributed by atoms with van der Waals surface area (Å²) < 4.78 is 10.4. The van der Waals surface area contributed by atoms with Crippen molar-refractivity contribution in [2.24, 2.45) is 0 Å². The first-order valence-electron chi connectivity index (χ1n) is 6.81. The third-order valence-electron chi connectivity index (χ3n) is 3.33. The lowest BCUT2D eigenvalue weighted by Crippen LogP contribution is -2.44. The molecule has 1 aromatic rings. The van der Waals surface area contributed by atoms with Crippen LogP contribution in [0.4, 0.5) is 0 Å². The molecule has 0 aromatic carbocycles. The van der Waals surface area contributed by atoms with Gasteiger partial charge >= 0.3 is 5.97 Å². The van der Waals surface area contributed by atoms with Crippen LogP contribution in [0.2, 0.25) is 0 Å². The Morgan fingerprint density at radius 3 is 2.84 bits per heavy atom. The Bertz CT molecular complexity index is 429. The average Bonchev–Trinajstić information content (AvgIpc) is 2.77. The molecule has 0 unspecified atom stereocenters. The lowest BCUT2D eigenvalue weighted by atomic mass is 9.68. The molecular weight excluding hydrogens is 264 g/mol. The zero-order valence-corrected chi connectivity index (χ0v) is 12.3. The molecule has 106 valence electrons. The van der Waals surface area contributed by atoms with Crippen LogP contribution in [0.25, 0.3) is 0 Å². The Balaban J connectivity index is 2.05. The van der Waals surface area contributed by atoms with E-state index in [1.54, 1.807) is 11.8 Å². The SMILES string of the molecule is CCCSCc1noc(C2(C(=O)OCC)CCC2)n1. The van der Waals surface area contributed by atoms with Gasteiger partial charge in [0.1, 0.15) is 5.41 Å². The highest BCUT2D eigenvalue weighted by Crippen LogP contribution is 2.44. The van der Waals surface area contributed by atoms with Gasteiger partial charge in [-0.1, -0.05) is 18.5 Å². The van der Waals surface area contributed by atoms with E-state index in [2.05, 4.69) is 17.1 Å². The monoisotopic (exact) mass is 284 g/mol. The molecule has 0 aliphatic heterocycles. The maximum absolute atomic E-state index is 12.1. The maximum Gasteiger partial charge on any atom is 0.321 e. The number of carbonyl (C=O) groups excluding carboxylic acids is 1. The number of carbonyl (C=O) groups is 1. The summed E-state index contributed by atoms with van der Waals surface area (Å²) in [6.45, 7) is 4.33. The number of hydrogen-bond donors (Lipinski definition) is 0. The van der Waals surface area contributed by atoms with Crippen LogP contribution in [-0.2, 0) is 20.7 Å². The summed E-state index contributed by atoms with van der Waals surface area (Å²) >= 11 is 1.77. The van der Waals surface area contributed by atoms with Gasteiger partial charge in [-0.2, -0.15) is 16.7 Å². The fraction of sp³-hybridized carbons (Fsp3) is 0.769. The van der Waals surface area contributed by atoms with E-state index in [0.29, 0.717) is 18.3 Å². The second-order valence-corrected chi connectivity index (χ2v) is 5.83. The molecule has 1 fully saturated rings. The molecular formula is C13H20N2O3S. The van der Waals surface area contributed by atoms with Crippen molar-refractivity contribution in [3.63, 3.8) is 0 Å². The first-order chi connectivity index (χ1) is 9.23. The highest BCUT2D eigenvalue weighted by Gasteiger charge is 2.51. The number of nitrogens with zero attached hydrogens (tertiary/aromatic N) is 2. The number of esters is 1. The van der Waals surface area contributed by atoms with Gasteiger partial charge in [-0.05, 0) is 31.9 Å². The topological polar surface area (TPSA) is 65.2 Å². The Kier molecular flexibility index (Phi) is 4.85. The molecule has 1 aliphatic carbocycles. The quantitative estimate of drug-likeness (QED) is 0.566. The number of hydrogen-bond acceptors (Lipinski definition) is 6. The van der Waals surface area contributed by atoms with Crippen LogP contribution >= 0.6 is 11.8 Å². The fourth-order valence-electron chi connectivity index (χ4n) is 2.12. The first-order valence-corrected chi connectivity index (χ1v) is 7.96. The van der Waals surface area contributed by atoms with Crippen LogP contribution in [0.3, 0.4) is 0 Å². The standard InChI is InChI=1S/C13H20N2O3S/c1-3-8-19-9-10-14-11(18-15-10)13(6-5-7-13)12(16)17-4-2/h3-9H2,1-2H3. The number of thioether (sulfide) groups is 1. The molecule has 0 N–H and O–H groups in total. The van der Waals surface area contributed by atoms with E-state index in [4.69, 9.17) is 9.26 Å². The van der Waals surface area contributed by atoms with Gasteiger partial charge in [0.2, 0.25) is 5.89 Å². The predicted molar refractivity (Wildman–Crippen MR) is 72.9 cm³/mol. The fourth-order valence-corrected chi connectivity index (χ4v) is 2.85. The van der Waals surface area contributed by atoms with Gasteiger partial charge in [-0.3, -0.25) is 4.79 Å².